The molecule has 0 bridgehead atoms. The number of nitrogens with one attached hydrogen (secondary N) is 1. The number of alkyl carbamates (subject to hydrolysis) is 1. The van der Waals surface area contributed by atoms with Gasteiger partial charge >= 0.3 is 6.09 Å². The zero-order chi connectivity index (χ0) is 14.8. The second-order valence-electron chi connectivity index (χ2n) is 4.93. The molecule has 1 aromatic carbocycles. The fourth-order valence-electron chi connectivity index (χ4n) is 1.95. The lowest BCUT2D eigenvalue weighted by Gasteiger charge is -2.16. The summed E-state index contributed by atoms with van der Waals surface area (Å²) in [7, 11) is 0. The quantitative estimate of drug-likeness (QED) is 0.743. The third-order valence-corrected chi connectivity index (χ3v) is 3.01. The molecule has 0 aliphatic carbocycles. The van der Waals surface area contributed by atoms with Gasteiger partial charge in [0.05, 0.1) is 6.04 Å². The number of carbonyl (C=O) groups is 2. The first-order valence-corrected chi connectivity index (χ1v) is 7.12. The normalized spacial score (nSPS) is 13.3. The maximum Gasteiger partial charge on any atom is 0.407 e. The van der Waals surface area contributed by atoms with E-state index in [0.29, 0.717) is 12.8 Å². The van der Waals surface area contributed by atoms with Crippen LogP contribution in [0, 0.1) is 0 Å². The van der Waals surface area contributed by atoms with Crippen molar-refractivity contribution in [2.24, 2.45) is 0 Å². The summed E-state index contributed by atoms with van der Waals surface area (Å²) in [6, 6.07) is 9.39. The molecule has 1 amide bonds. The van der Waals surface area contributed by atoms with Crippen molar-refractivity contribution in [1.82, 2.24) is 5.32 Å². The van der Waals surface area contributed by atoms with Crippen molar-refractivity contribution in [3.8, 4) is 0 Å². The molecular weight excluding hydrogens is 254 g/mol. The molecule has 0 spiro atoms. The Bertz CT molecular complexity index is 405. The first kappa shape index (κ1) is 16.2. The van der Waals surface area contributed by atoms with E-state index in [2.05, 4.69) is 5.32 Å². The van der Waals surface area contributed by atoms with E-state index in [-0.39, 0.29) is 6.10 Å². The minimum atomic E-state index is -0.526. The third kappa shape index (κ3) is 6.36. The fraction of sp³-hybridized carbons (Fsp3) is 0.500. The Morgan fingerprint density at radius 2 is 2.05 bits per heavy atom. The summed E-state index contributed by atoms with van der Waals surface area (Å²) in [6.45, 7) is 3.89. The van der Waals surface area contributed by atoms with Gasteiger partial charge in [0.15, 0.2) is 0 Å². The van der Waals surface area contributed by atoms with Crippen molar-refractivity contribution in [2.45, 2.75) is 51.7 Å². The van der Waals surface area contributed by atoms with Crippen LogP contribution in [0.15, 0.2) is 30.3 Å². The van der Waals surface area contributed by atoms with Gasteiger partial charge in [0.25, 0.3) is 0 Å². The highest BCUT2D eigenvalue weighted by molar-refractivity contribution is 5.73. The number of benzene rings is 1. The Hall–Kier alpha value is -1.84. The lowest BCUT2D eigenvalue weighted by Crippen LogP contribution is -2.38. The highest BCUT2D eigenvalue weighted by Gasteiger charge is 2.14. The number of unbranched alkanes of at least 4 members (excludes halogenated alkanes) is 1. The topological polar surface area (TPSA) is 55.4 Å². The van der Waals surface area contributed by atoms with E-state index >= 15 is 0 Å². The van der Waals surface area contributed by atoms with Gasteiger partial charge in [-0.15, -0.1) is 0 Å². The Kier molecular flexibility index (Phi) is 7.40. The number of aldehydes is 1. The average molecular weight is 277 g/mol. The maximum atomic E-state index is 11.7. The van der Waals surface area contributed by atoms with E-state index in [1.165, 1.54) is 0 Å². The molecule has 0 aromatic heterocycles. The van der Waals surface area contributed by atoms with Gasteiger partial charge in [0.2, 0.25) is 0 Å². The smallest absolute Gasteiger partial charge is 0.407 e. The molecule has 20 heavy (non-hydrogen) atoms. The van der Waals surface area contributed by atoms with Crippen molar-refractivity contribution in [1.29, 1.82) is 0 Å². The molecule has 0 heterocycles. The van der Waals surface area contributed by atoms with Gasteiger partial charge < -0.3 is 14.8 Å². The van der Waals surface area contributed by atoms with Crippen molar-refractivity contribution >= 4 is 12.4 Å². The van der Waals surface area contributed by atoms with Crippen molar-refractivity contribution in [3.63, 3.8) is 0 Å². The van der Waals surface area contributed by atoms with Crippen molar-refractivity contribution < 1.29 is 14.3 Å². The minimum absolute atomic E-state index is 0.226. The summed E-state index contributed by atoms with van der Waals surface area (Å²) in [5.74, 6) is 0. The molecule has 1 N–H and O–H groups in total. The van der Waals surface area contributed by atoms with Crippen LogP contribution in [-0.2, 0) is 16.0 Å². The summed E-state index contributed by atoms with van der Waals surface area (Å²) >= 11 is 0. The number of ether oxygens (including phenoxy) is 1. The van der Waals surface area contributed by atoms with E-state index in [4.69, 9.17) is 4.74 Å². The molecule has 1 aromatic rings. The van der Waals surface area contributed by atoms with Crippen molar-refractivity contribution in [3.05, 3.63) is 35.9 Å². The summed E-state index contributed by atoms with van der Waals surface area (Å²) in [5, 5.41) is 2.59. The monoisotopic (exact) mass is 277 g/mol. The van der Waals surface area contributed by atoms with Crippen LogP contribution in [0.25, 0.3) is 0 Å². The molecule has 0 aliphatic rings. The summed E-state index contributed by atoms with van der Waals surface area (Å²) in [4.78, 5) is 22.5. The number of carbonyl (C=O) groups excluding carboxylic acids is 2. The second kappa shape index (κ2) is 9.13. The number of amides is 1. The number of hydrogen-bond donors (Lipinski definition) is 1. The van der Waals surface area contributed by atoms with Gasteiger partial charge in [-0.1, -0.05) is 50.1 Å². The van der Waals surface area contributed by atoms with Crippen LogP contribution >= 0.6 is 0 Å². The zero-order valence-electron chi connectivity index (χ0n) is 12.2. The van der Waals surface area contributed by atoms with E-state index in [9.17, 15) is 9.59 Å². The van der Waals surface area contributed by atoms with E-state index in [1.54, 1.807) is 0 Å². The van der Waals surface area contributed by atoms with E-state index < -0.39 is 12.1 Å². The molecule has 4 heteroatoms. The predicted molar refractivity (Wildman–Crippen MR) is 78.6 cm³/mol. The van der Waals surface area contributed by atoms with Crippen LogP contribution in [0.3, 0.4) is 0 Å². The minimum Gasteiger partial charge on any atom is -0.446 e. The maximum absolute atomic E-state index is 11.7. The highest BCUT2D eigenvalue weighted by Crippen LogP contribution is 2.06. The first-order valence-electron chi connectivity index (χ1n) is 7.12. The van der Waals surface area contributed by atoms with Crippen LogP contribution in [0.1, 0.15) is 38.7 Å². The standard InChI is InChI=1S/C16H23NO3/c1-3-4-10-15(12-18)17-16(19)20-13(2)11-14-8-6-5-7-9-14/h5-9,12-13,15H,3-4,10-11H2,1-2H3,(H,17,19)/t13?,15-/m0/s1. The van der Waals surface area contributed by atoms with Crippen LogP contribution in [0.4, 0.5) is 4.79 Å². The molecule has 0 saturated heterocycles. The zero-order valence-corrected chi connectivity index (χ0v) is 12.2. The number of hydrogen-bond acceptors (Lipinski definition) is 3. The largest absolute Gasteiger partial charge is 0.446 e. The third-order valence-electron chi connectivity index (χ3n) is 3.01. The molecule has 2 atom stereocenters. The average Bonchev–Trinajstić information content (AvgIpc) is 2.44. The van der Waals surface area contributed by atoms with E-state index in [0.717, 1.165) is 24.7 Å². The van der Waals surface area contributed by atoms with E-state index in [1.807, 2.05) is 44.2 Å². The SMILES string of the molecule is CCCC[C@@H](C=O)NC(=O)OC(C)Cc1ccccc1. The Labute approximate surface area is 120 Å². The molecular formula is C16H23NO3. The van der Waals surface area contributed by atoms with Crippen LogP contribution in [0.2, 0.25) is 0 Å². The van der Waals surface area contributed by atoms with Gasteiger partial charge in [-0.2, -0.15) is 0 Å². The van der Waals surface area contributed by atoms with Crippen LogP contribution < -0.4 is 5.32 Å². The Morgan fingerprint density at radius 3 is 2.65 bits per heavy atom. The van der Waals surface area contributed by atoms with Gasteiger partial charge in [-0.3, -0.25) is 0 Å². The molecule has 0 aliphatic heterocycles. The van der Waals surface area contributed by atoms with Gasteiger partial charge in [0, 0.05) is 6.42 Å². The lowest BCUT2D eigenvalue weighted by molar-refractivity contribution is -0.109. The summed E-state index contributed by atoms with van der Waals surface area (Å²) in [6.07, 6.45) is 3.22. The molecule has 0 fully saturated rings. The Balaban J connectivity index is 2.35. The van der Waals surface area contributed by atoms with Crippen LogP contribution in [0.5, 0.6) is 0 Å². The van der Waals surface area contributed by atoms with Crippen molar-refractivity contribution in [2.75, 3.05) is 0 Å². The first-order chi connectivity index (χ1) is 9.65. The molecule has 4 nitrogen and oxygen atoms in total. The summed E-state index contributed by atoms with van der Waals surface area (Å²) in [5.41, 5.74) is 1.12. The summed E-state index contributed by atoms with van der Waals surface area (Å²) < 4.78 is 5.26. The number of rotatable bonds is 8. The molecule has 1 rings (SSSR count). The highest BCUT2D eigenvalue weighted by atomic mass is 16.6. The Morgan fingerprint density at radius 1 is 1.35 bits per heavy atom. The molecule has 0 saturated carbocycles. The molecule has 1 unspecified atom stereocenters. The van der Waals surface area contributed by atoms with Gasteiger partial charge in [0.1, 0.15) is 12.4 Å². The fourth-order valence-corrected chi connectivity index (χ4v) is 1.95. The molecule has 0 radical (unpaired) electrons. The van der Waals surface area contributed by atoms with Crippen LogP contribution in [-0.4, -0.2) is 24.5 Å². The molecule has 110 valence electrons. The van der Waals surface area contributed by atoms with Gasteiger partial charge in [-0.05, 0) is 18.9 Å². The lowest BCUT2D eigenvalue weighted by atomic mass is 10.1. The van der Waals surface area contributed by atoms with Gasteiger partial charge in [-0.25, -0.2) is 4.79 Å². The predicted octanol–water partition coefficient (Wildman–Crippen LogP) is 3.10. The second-order valence-corrected chi connectivity index (χ2v) is 4.93.